The summed E-state index contributed by atoms with van der Waals surface area (Å²) >= 11 is 11.7. The van der Waals surface area contributed by atoms with Crippen LogP contribution in [0.2, 0.25) is 5.02 Å². The van der Waals surface area contributed by atoms with Gasteiger partial charge in [-0.05, 0) is 18.2 Å². The van der Waals surface area contributed by atoms with Crippen LogP contribution in [0.1, 0.15) is 6.42 Å². The fourth-order valence-corrected chi connectivity index (χ4v) is 2.08. The molecule has 0 spiro atoms. The Morgan fingerprint density at radius 1 is 1.47 bits per heavy atom. The minimum atomic E-state index is -0.416. The smallest absolute Gasteiger partial charge is 0.228 e. The van der Waals surface area contributed by atoms with Crippen LogP contribution in [0.25, 0.3) is 0 Å². The molecule has 1 atom stereocenters. The number of carbonyl (C=O) groups excluding carboxylic acids is 1. The molecule has 0 radical (unpaired) electrons. The lowest BCUT2D eigenvalue weighted by atomic mass is 10.3. The second-order valence-electron chi connectivity index (χ2n) is 3.40. The van der Waals surface area contributed by atoms with Gasteiger partial charge in [-0.1, -0.05) is 11.6 Å². The van der Waals surface area contributed by atoms with Crippen LogP contribution in [-0.4, -0.2) is 17.8 Å². The molecule has 15 heavy (non-hydrogen) atoms. The molecule has 80 valence electrons. The Kier molecular flexibility index (Phi) is 2.85. The molecule has 1 saturated heterocycles. The monoisotopic (exact) mass is 247 g/mol. The lowest BCUT2D eigenvalue weighted by molar-refractivity contribution is -0.117. The Morgan fingerprint density at radius 2 is 2.20 bits per heavy atom. The average molecular weight is 248 g/mol. The van der Waals surface area contributed by atoms with Crippen LogP contribution in [0.5, 0.6) is 0 Å². The molecule has 0 aliphatic carbocycles. The van der Waals surface area contributed by atoms with Crippen molar-refractivity contribution in [3.05, 3.63) is 29.0 Å². The molecule has 1 aliphatic rings. The van der Waals surface area contributed by atoms with E-state index in [1.807, 2.05) is 0 Å². The maximum absolute atomic E-state index is 13.0. The third-order valence-electron chi connectivity index (χ3n) is 2.28. The Hall–Kier alpha value is -0.800. The zero-order valence-electron chi connectivity index (χ0n) is 7.71. The number of hydrogen-bond donors (Lipinski definition) is 0. The lowest BCUT2D eigenvalue weighted by Crippen LogP contribution is -2.25. The number of hydrogen-bond acceptors (Lipinski definition) is 1. The first-order valence-electron chi connectivity index (χ1n) is 4.47. The summed E-state index contributed by atoms with van der Waals surface area (Å²) in [5.41, 5.74) is 0.393. The van der Waals surface area contributed by atoms with Crippen LogP contribution in [0.3, 0.4) is 0 Å². The van der Waals surface area contributed by atoms with E-state index in [0.717, 1.165) is 0 Å². The number of anilines is 1. The van der Waals surface area contributed by atoms with E-state index in [0.29, 0.717) is 17.3 Å². The Balaban J connectivity index is 2.37. The van der Waals surface area contributed by atoms with Crippen molar-refractivity contribution in [2.24, 2.45) is 0 Å². The van der Waals surface area contributed by atoms with Crippen molar-refractivity contribution in [2.75, 3.05) is 11.4 Å². The summed E-state index contributed by atoms with van der Waals surface area (Å²) in [6, 6.07) is 3.93. The average Bonchev–Trinajstić information content (AvgIpc) is 2.50. The largest absolute Gasteiger partial charge is 0.309 e. The minimum Gasteiger partial charge on any atom is -0.309 e. The quantitative estimate of drug-likeness (QED) is 0.700. The van der Waals surface area contributed by atoms with E-state index in [1.165, 1.54) is 23.1 Å². The number of alkyl halides is 1. The summed E-state index contributed by atoms with van der Waals surface area (Å²) in [4.78, 5) is 12.9. The van der Waals surface area contributed by atoms with E-state index in [2.05, 4.69) is 0 Å². The number of nitrogens with zero attached hydrogens (tertiary/aromatic N) is 1. The Bertz CT molecular complexity index is 410. The lowest BCUT2D eigenvalue weighted by Gasteiger charge is -2.17. The molecule has 5 heteroatoms. The standard InChI is InChI=1S/C10H8Cl2FNO/c11-6-3-10(15)14(5-6)9-4-7(13)1-2-8(9)12/h1-2,4,6H,3,5H2. The van der Waals surface area contributed by atoms with Gasteiger partial charge >= 0.3 is 0 Å². The third kappa shape index (κ3) is 2.08. The molecule has 1 amide bonds. The summed E-state index contributed by atoms with van der Waals surface area (Å²) in [5, 5.41) is 0.132. The molecular weight excluding hydrogens is 240 g/mol. The van der Waals surface area contributed by atoms with Crippen molar-refractivity contribution < 1.29 is 9.18 Å². The minimum absolute atomic E-state index is 0.123. The maximum Gasteiger partial charge on any atom is 0.228 e. The van der Waals surface area contributed by atoms with Crippen molar-refractivity contribution in [3.63, 3.8) is 0 Å². The molecule has 0 saturated carbocycles. The molecule has 1 heterocycles. The van der Waals surface area contributed by atoms with E-state index in [9.17, 15) is 9.18 Å². The van der Waals surface area contributed by atoms with Gasteiger partial charge in [-0.2, -0.15) is 0 Å². The van der Waals surface area contributed by atoms with Gasteiger partial charge in [0.05, 0.1) is 16.1 Å². The molecule has 1 unspecified atom stereocenters. The predicted molar refractivity (Wildman–Crippen MR) is 58.0 cm³/mol. The van der Waals surface area contributed by atoms with Crippen molar-refractivity contribution >= 4 is 34.8 Å². The molecule has 0 aromatic heterocycles. The van der Waals surface area contributed by atoms with Gasteiger partial charge in [0.25, 0.3) is 0 Å². The zero-order chi connectivity index (χ0) is 11.0. The Labute approximate surface area is 96.6 Å². The third-order valence-corrected chi connectivity index (χ3v) is 2.89. The summed E-state index contributed by atoms with van der Waals surface area (Å²) in [6.45, 7) is 0.379. The summed E-state index contributed by atoms with van der Waals surface area (Å²) < 4.78 is 13.0. The van der Waals surface area contributed by atoms with Crippen molar-refractivity contribution in [2.45, 2.75) is 11.8 Å². The van der Waals surface area contributed by atoms with E-state index in [-0.39, 0.29) is 17.7 Å². The van der Waals surface area contributed by atoms with Gasteiger partial charge in [-0.3, -0.25) is 4.79 Å². The number of halogens is 3. The normalized spacial score (nSPS) is 21.1. The van der Waals surface area contributed by atoms with E-state index >= 15 is 0 Å². The fourth-order valence-electron chi connectivity index (χ4n) is 1.59. The van der Waals surface area contributed by atoms with E-state index in [1.54, 1.807) is 0 Å². The number of amides is 1. The van der Waals surface area contributed by atoms with Gasteiger partial charge in [0, 0.05) is 13.0 Å². The highest BCUT2D eigenvalue weighted by atomic mass is 35.5. The second-order valence-corrected chi connectivity index (χ2v) is 4.43. The van der Waals surface area contributed by atoms with Crippen LogP contribution in [-0.2, 0) is 4.79 Å². The van der Waals surface area contributed by atoms with Gasteiger partial charge in [0.15, 0.2) is 0 Å². The van der Waals surface area contributed by atoms with Crippen molar-refractivity contribution in [1.29, 1.82) is 0 Å². The molecule has 1 aromatic carbocycles. The highest BCUT2D eigenvalue weighted by Crippen LogP contribution is 2.31. The first kappa shape index (κ1) is 10.7. The van der Waals surface area contributed by atoms with Crippen LogP contribution in [0.4, 0.5) is 10.1 Å². The number of carbonyl (C=O) groups is 1. The fraction of sp³-hybridized carbons (Fsp3) is 0.300. The number of benzene rings is 1. The molecular formula is C10H8Cl2FNO. The zero-order valence-corrected chi connectivity index (χ0v) is 9.22. The van der Waals surface area contributed by atoms with Crippen molar-refractivity contribution in [1.82, 2.24) is 0 Å². The van der Waals surface area contributed by atoms with E-state index < -0.39 is 5.82 Å². The van der Waals surface area contributed by atoms with Crippen LogP contribution < -0.4 is 4.90 Å². The highest BCUT2D eigenvalue weighted by Gasteiger charge is 2.30. The molecule has 0 bridgehead atoms. The highest BCUT2D eigenvalue weighted by molar-refractivity contribution is 6.34. The number of rotatable bonds is 1. The molecule has 1 aromatic rings. The van der Waals surface area contributed by atoms with Crippen LogP contribution >= 0.6 is 23.2 Å². The van der Waals surface area contributed by atoms with Crippen molar-refractivity contribution in [3.8, 4) is 0 Å². The molecule has 2 nitrogen and oxygen atoms in total. The first-order chi connectivity index (χ1) is 7.08. The maximum atomic E-state index is 13.0. The van der Waals surface area contributed by atoms with Gasteiger partial charge < -0.3 is 4.90 Å². The molecule has 1 fully saturated rings. The van der Waals surface area contributed by atoms with Gasteiger partial charge in [0.1, 0.15) is 5.82 Å². The van der Waals surface area contributed by atoms with Gasteiger partial charge in [0.2, 0.25) is 5.91 Å². The SMILES string of the molecule is O=C1CC(Cl)CN1c1cc(F)ccc1Cl. The van der Waals surface area contributed by atoms with Gasteiger partial charge in [-0.25, -0.2) is 4.39 Å². The van der Waals surface area contributed by atoms with E-state index in [4.69, 9.17) is 23.2 Å². The summed E-state index contributed by atoms with van der Waals surface area (Å²) in [6.07, 6.45) is 0.272. The molecule has 0 N–H and O–H groups in total. The molecule has 1 aliphatic heterocycles. The topological polar surface area (TPSA) is 20.3 Å². The molecule has 2 rings (SSSR count). The summed E-state index contributed by atoms with van der Waals surface area (Å²) in [7, 11) is 0. The predicted octanol–water partition coefficient (Wildman–Crippen LogP) is 2.82. The van der Waals surface area contributed by atoms with Gasteiger partial charge in [-0.15, -0.1) is 11.6 Å². The summed E-state index contributed by atoms with van der Waals surface area (Å²) in [5.74, 6) is -0.539. The Morgan fingerprint density at radius 3 is 2.80 bits per heavy atom. The van der Waals surface area contributed by atoms with Crippen LogP contribution in [0, 0.1) is 5.82 Å². The van der Waals surface area contributed by atoms with Crippen LogP contribution in [0.15, 0.2) is 18.2 Å². The first-order valence-corrected chi connectivity index (χ1v) is 5.29. The second kappa shape index (κ2) is 3.99.